The van der Waals surface area contributed by atoms with Gasteiger partial charge < -0.3 is 10.0 Å². The van der Waals surface area contributed by atoms with E-state index in [0.29, 0.717) is 5.56 Å². The van der Waals surface area contributed by atoms with Crippen LogP contribution in [0.2, 0.25) is 0 Å². The van der Waals surface area contributed by atoms with Gasteiger partial charge in [-0.3, -0.25) is 0 Å². The Bertz CT molecular complexity index is 424. The summed E-state index contributed by atoms with van der Waals surface area (Å²) in [4.78, 5) is 2.06. The highest BCUT2D eigenvalue weighted by molar-refractivity contribution is 5.59. The predicted molar refractivity (Wildman–Crippen MR) is 67.8 cm³/mol. The number of benzene rings is 1. The average Bonchev–Trinajstić information content (AvgIpc) is 2.38. The first-order chi connectivity index (χ1) is 8.24. The number of anilines is 1. The van der Waals surface area contributed by atoms with Crippen molar-refractivity contribution < 1.29 is 5.11 Å². The summed E-state index contributed by atoms with van der Waals surface area (Å²) in [6.45, 7) is 0. The van der Waals surface area contributed by atoms with Crippen LogP contribution in [0.5, 0.6) is 0 Å². The van der Waals surface area contributed by atoms with E-state index in [4.69, 9.17) is 5.26 Å². The number of aliphatic hydroxyl groups excluding tert-OH is 1. The summed E-state index contributed by atoms with van der Waals surface area (Å²) in [5.41, 5.74) is 1.59. The van der Waals surface area contributed by atoms with Gasteiger partial charge in [-0.1, -0.05) is 25.0 Å². The molecule has 2 unspecified atom stereocenters. The van der Waals surface area contributed by atoms with Crippen molar-refractivity contribution in [3.63, 3.8) is 0 Å². The van der Waals surface area contributed by atoms with Crippen molar-refractivity contribution in [3.05, 3.63) is 29.8 Å². The Labute approximate surface area is 102 Å². The van der Waals surface area contributed by atoms with E-state index in [1.165, 1.54) is 0 Å². The van der Waals surface area contributed by atoms with Gasteiger partial charge in [0.1, 0.15) is 6.07 Å². The molecular weight excluding hydrogens is 212 g/mol. The summed E-state index contributed by atoms with van der Waals surface area (Å²) < 4.78 is 0. The summed E-state index contributed by atoms with van der Waals surface area (Å²) in [7, 11) is 1.97. The molecule has 0 bridgehead atoms. The molecule has 1 N–H and O–H groups in total. The van der Waals surface area contributed by atoms with Gasteiger partial charge in [0.25, 0.3) is 0 Å². The maximum Gasteiger partial charge on any atom is 0.101 e. The fourth-order valence-corrected chi connectivity index (χ4v) is 2.60. The molecule has 2 rings (SSSR count). The van der Waals surface area contributed by atoms with Crippen LogP contribution in [0.3, 0.4) is 0 Å². The molecule has 3 heteroatoms. The smallest absolute Gasteiger partial charge is 0.101 e. The number of nitriles is 1. The van der Waals surface area contributed by atoms with Gasteiger partial charge in [-0.15, -0.1) is 0 Å². The molecule has 0 saturated heterocycles. The summed E-state index contributed by atoms with van der Waals surface area (Å²) in [5.74, 6) is 0. The number of para-hydroxylation sites is 1. The van der Waals surface area contributed by atoms with Crippen LogP contribution in [0, 0.1) is 11.3 Å². The second kappa shape index (κ2) is 5.20. The largest absolute Gasteiger partial charge is 0.391 e. The summed E-state index contributed by atoms with van der Waals surface area (Å²) in [6, 6.07) is 9.91. The van der Waals surface area contributed by atoms with E-state index in [0.717, 1.165) is 31.4 Å². The SMILES string of the molecule is CN(c1ccccc1C#N)C1CCCCC1O. The van der Waals surface area contributed by atoms with Crippen molar-refractivity contribution in [2.75, 3.05) is 11.9 Å². The Hall–Kier alpha value is -1.53. The van der Waals surface area contributed by atoms with E-state index in [1.54, 1.807) is 0 Å². The van der Waals surface area contributed by atoms with Gasteiger partial charge in [-0.25, -0.2) is 0 Å². The van der Waals surface area contributed by atoms with E-state index in [-0.39, 0.29) is 12.1 Å². The molecule has 0 spiro atoms. The molecule has 1 aliphatic carbocycles. The molecule has 0 amide bonds. The molecule has 1 aliphatic rings. The molecule has 2 atom stereocenters. The molecule has 3 nitrogen and oxygen atoms in total. The molecule has 90 valence electrons. The third-order valence-electron chi connectivity index (χ3n) is 3.60. The molecule has 0 aromatic heterocycles. The molecule has 0 heterocycles. The molecular formula is C14H18N2O. The Morgan fingerprint density at radius 1 is 1.29 bits per heavy atom. The van der Waals surface area contributed by atoms with Crippen LogP contribution >= 0.6 is 0 Å². The minimum Gasteiger partial charge on any atom is -0.391 e. The average molecular weight is 230 g/mol. The lowest BCUT2D eigenvalue weighted by molar-refractivity contribution is 0.106. The van der Waals surface area contributed by atoms with Crippen molar-refractivity contribution in [3.8, 4) is 6.07 Å². The topological polar surface area (TPSA) is 47.3 Å². The summed E-state index contributed by atoms with van der Waals surface area (Å²) >= 11 is 0. The van der Waals surface area contributed by atoms with Crippen LogP contribution in [-0.2, 0) is 0 Å². The predicted octanol–water partition coefficient (Wildman–Crippen LogP) is 2.30. The minimum absolute atomic E-state index is 0.137. The third-order valence-corrected chi connectivity index (χ3v) is 3.60. The van der Waals surface area contributed by atoms with E-state index in [2.05, 4.69) is 11.0 Å². The molecule has 0 radical (unpaired) electrons. The Kier molecular flexibility index (Phi) is 3.65. The van der Waals surface area contributed by atoms with Gasteiger partial charge in [-0.05, 0) is 25.0 Å². The number of rotatable bonds is 2. The van der Waals surface area contributed by atoms with Crippen molar-refractivity contribution in [2.45, 2.75) is 37.8 Å². The van der Waals surface area contributed by atoms with Crippen LogP contribution in [0.15, 0.2) is 24.3 Å². The number of nitrogens with zero attached hydrogens (tertiary/aromatic N) is 2. The van der Waals surface area contributed by atoms with E-state index in [9.17, 15) is 5.11 Å². The zero-order valence-electron chi connectivity index (χ0n) is 10.1. The van der Waals surface area contributed by atoms with Gasteiger partial charge in [0.05, 0.1) is 23.4 Å². The fraction of sp³-hybridized carbons (Fsp3) is 0.500. The first kappa shape index (κ1) is 11.9. The van der Waals surface area contributed by atoms with E-state index in [1.807, 2.05) is 31.3 Å². The van der Waals surface area contributed by atoms with Gasteiger partial charge in [-0.2, -0.15) is 5.26 Å². The molecule has 1 aromatic rings. The van der Waals surface area contributed by atoms with E-state index >= 15 is 0 Å². The maximum absolute atomic E-state index is 10.0. The number of aliphatic hydroxyl groups is 1. The van der Waals surface area contributed by atoms with Gasteiger partial charge in [0.2, 0.25) is 0 Å². The second-order valence-electron chi connectivity index (χ2n) is 4.66. The van der Waals surface area contributed by atoms with Crippen LogP contribution < -0.4 is 4.90 Å². The van der Waals surface area contributed by atoms with Crippen molar-refractivity contribution >= 4 is 5.69 Å². The van der Waals surface area contributed by atoms with Crippen molar-refractivity contribution in [1.29, 1.82) is 5.26 Å². The van der Waals surface area contributed by atoms with Gasteiger partial charge in [0, 0.05) is 7.05 Å². The zero-order valence-corrected chi connectivity index (χ0v) is 10.1. The number of hydrogen-bond donors (Lipinski definition) is 1. The van der Waals surface area contributed by atoms with Crippen LogP contribution in [0.25, 0.3) is 0 Å². The lowest BCUT2D eigenvalue weighted by atomic mass is 9.91. The highest BCUT2D eigenvalue weighted by atomic mass is 16.3. The first-order valence-electron chi connectivity index (χ1n) is 6.14. The third kappa shape index (κ3) is 2.42. The molecule has 1 saturated carbocycles. The standard InChI is InChI=1S/C14H18N2O/c1-16(13-8-4-5-9-14(13)17)12-7-3-2-6-11(12)10-15/h2-3,6-7,13-14,17H,4-5,8-9H2,1H3. The molecule has 1 fully saturated rings. The minimum atomic E-state index is -0.277. The normalized spacial score (nSPS) is 24.1. The molecule has 17 heavy (non-hydrogen) atoms. The highest BCUT2D eigenvalue weighted by Gasteiger charge is 2.27. The quantitative estimate of drug-likeness (QED) is 0.848. The summed E-state index contributed by atoms with van der Waals surface area (Å²) in [6.07, 6.45) is 3.84. The van der Waals surface area contributed by atoms with Gasteiger partial charge in [0.15, 0.2) is 0 Å². The van der Waals surface area contributed by atoms with Gasteiger partial charge >= 0.3 is 0 Å². The Balaban J connectivity index is 2.24. The fourth-order valence-electron chi connectivity index (χ4n) is 2.60. The Morgan fingerprint density at radius 2 is 2.00 bits per heavy atom. The Morgan fingerprint density at radius 3 is 2.71 bits per heavy atom. The summed E-state index contributed by atoms with van der Waals surface area (Å²) in [5, 5.41) is 19.1. The molecule has 0 aliphatic heterocycles. The second-order valence-corrected chi connectivity index (χ2v) is 4.66. The number of likely N-dealkylation sites (N-methyl/N-ethyl adjacent to an activating group) is 1. The van der Waals surface area contributed by atoms with Crippen LogP contribution in [0.1, 0.15) is 31.2 Å². The lowest BCUT2D eigenvalue weighted by Gasteiger charge is -2.37. The van der Waals surface area contributed by atoms with Crippen molar-refractivity contribution in [2.24, 2.45) is 0 Å². The monoisotopic (exact) mass is 230 g/mol. The lowest BCUT2D eigenvalue weighted by Crippen LogP contribution is -2.43. The van der Waals surface area contributed by atoms with Crippen LogP contribution in [-0.4, -0.2) is 24.3 Å². The van der Waals surface area contributed by atoms with E-state index < -0.39 is 0 Å². The number of hydrogen-bond acceptors (Lipinski definition) is 3. The van der Waals surface area contributed by atoms with Crippen LogP contribution in [0.4, 0.5) is 5.69 Å². The highest BCUT2D eigenvalue weighted by Crippen LogP contribution is 2.28. The first-order valence-corrected chi connectivity index (χ1v) is 6.14. The maximum atomic E-state index is 10.0. The molecule has 1 aromatic carbocycles. The van der Waals surface area contributed by atoms with Crippen molar-refractivity contribution in [1.82, 2.24) is 0 Å². The zero-order chi connectivity index (χ0) is 12.3.